The number of fused-ring (bicyclic) bond motifs is 1. The normalized spacial score (nSPS) is 11.0. The number of oxazole rings is 1. The summed E-state index contributed by atoms with van der Waals surface area (Å²) < 4.78 is 11.4. The molecule has 26 heavy (non-hydrogen) atoms. The van der Waals surface area contributed by atoms with Crippen LogP contribution >= 0.6 is 0 Å². The van der Waals surface area contributed by atoms with Crippen molar-refractivity contribution in [1.29, 1.82) is 0 Å². The van der Waals surface area contributed by atoms with Crippen molar-refractivity contribution in [3.63, 3.8) is 0 Å². The van der Waals surface area contributed by atoms with E-state index >= 15 is 0 Å². The van der Waals surface area contributed by atoms with Crippen molar-refractivity contribution in [3.05, 3.63) is 42.1 Å². The van der Waals surface area contributed by atoms with Gasteiger partial charge in [0.1, 0.15) is 11.3 Å². The van der Waals surface area contributed by atoms with Crippen molar-refractivity contribution in [3.8, 4) is 17.2 Å². The minimum atomic E-state index is -0.220. The van der Waals surface area contributed by atoms with E-state index in [1.807, 2.05) is 37.3 Å². The summed E-state index contributed by atoms with van der Waals surface area (Å²) in [6, 6.07) is 9.30. The van der Waals surface area contributed by atoms with Crippen molar-refractivity contribution < 1.29 is 13.9 Å². The zero-order valence-electron chi connectivity index (χ0n) is 15.3. The maximum atomic E-state index is 12.2. The van der Waals surface area contributed by atoms with Crippen molar-refractivity contribution in [2.75, 3.05) is 0 Å². The molecule has 0 aliphatic rings. The Morgan fingerprint density at radius 2 is 2.00 bits per heavy atom. The lowest BCUT2D eigenvalue weighted by atomic mass is 10.1. The smallest absolute Gasteiger partial charge is 0.311 e. The van der Waals surface area contributed by atoms with E-state index in [2.05, 4.69) is 16.9 Å². The van der Waals surface area contributed by atoms with E-state index in [1.54, 1.807) is 6.20 Å². The first-order valence-corrected chi connectivity index (χ1v) is 9.20. The van der Waals surface area contributed by atoms with Crippen molar-refractivity contribution in [2.45, 2.75) is 52.4 Å². The van der Waals surface area contributed by atoms with E-state index in [0.29, 0.717) is 34.9 Å². The molecule has 1 aromatic carbocycles. The molecule has 0 saturated carbocycles. The molecule has 0 spiro atoms. The average Bonchev–Trinajstić information content (AvgIpc) is 3.05. The third-order valence-corrected chi connectivity index (χ3v) is 4.24. The highest BCUT2D eigenvalue weighted by Gasteiger charge is 2.16. The van der Waals surface area contributed by atoms with E-state index in [1.165, 1.54) is 12.8 Å². The lowest BCUT2D eigenvalue weighted by molar-refractivity contribution is -0.134. The van der Waals surface area contributed by atoms with Gasteiger partial charge in [0.2, 0.25) is 11.6 Å². The molecular weight excluding hydrogens is 328 g/mol. The molecule has 3 aromatic rings. The fourth-order valence-corrected chi connectivity index (χ4v) is 2.82. The molecule has 0 fully saturated rings. The second-order valence-corrected chi connectivity index (χ2v) is 6.48. The lowest BCUT2D eigenvalue weighted by Crippen LogP contribution is -2.08. The van der Waals surface area contributed by atoms with Gasteiger partial charge in [-0.1, -0.05) is 38.7 Å². The summed E-state index contributed by atoms with van der Waals surface area (Å²) in [5.41, 5.74) is 2.81. The van der Waals surface area contributed by atoms with Gasteiger partial charge in [-0.3, -0.25) is 4.79 Å². The van der Waals surface area contributed by atoms with Gasteiger partial charge in [0, 0.05) is 12.6 Å². The van der Waals surface area contributed by atoms with Crippen LogP contribution in [-0.4, -0.2) is 15.9 Å². The SMILES string of the molecule is CCCCCCCC(=O)Oc1cc(C)ccc1-c1nc2cccnc2o1. The van der Waals surface area contributed by atoms with Crippen molar-refractivity contribution in [2.24, 2.45) is 0 Å². The minimum Gasteiger partial charge on any atom is -0.426 e. The molecule has 0 saturated heterocycles. The summed E-state index contributed by atoms with van der Waals surface area (Å²) in [5.74, 6) is 0.669. The summed E-state index contributed by atoms with van der Waals surface area (Å²) in [7, 11) is 0. The van der Waals surface area contributed by atoms with Gasteiger partial charge >= 0.3 is 5.97 Å². The van der Waals surface area contributed by atoms with E-state index in [-0.39, 0.29) is 5.97 Å². The van der Waals surface area contributed by atoms with E-state index in [0.717, 1.165) is 24.8 Å². The third kappa shape index (κ3) is 4.48. The Morgan fingerprint density at radius 3 is 2.81 bits per heavy atom. The first kappa shape index (κ1) is 18.1. The molecule has 136 valence electrons. The summed E-state index contributed by atoms with van der Waals surface area (Å²) in [4.78, 5) is 20.8. The number of hydrogen-bond donors (Lipinski definition) is 0. The summed E-state index contributed by atoms with van der Waals surface area (Å²) in [6.07, 6.45) is 7.56. The van der Waals surface area contributed by atoms with Crippen LogP contribution in [0.5, 0.6) is 5.75 Å². The second kappa shape index (κ2) is 8.61. The number of aryl methyl sites for hydroxylation is 1. The molecule has 3 rings (SSSR count). The van der Waals surface area contributed by atoms with Gasteiger partial charge in [0.05, 0.1) is 5.56 Å². The molecule has 5 heteroatoms. The highest BCUT2D eigenvalue weighted by atomic mass is 16.5. The standard InChI is InChI=1S/C21H24N2O3/c1-3-4-5-6-7-10-19(24)25-18-14-15(2)11-12-16(18)20-23-17-9-8-13-22-21(17)26-20/h8-9,11-14H,3-7,10H2,1-2H3. The Morgan fingerprint density at radius 1 is 1.15 bits per heavy atom. The molecule has 0 N–H and O–H groups in total. The predicted molar refractivity (Wildman–Crippen MR) is 101 cm³/mol. The van der Waals surface area contributed by atoms with Crippen LogP contribution in [0.2, 0.25) is 0 Å². The number of unbranched alkanes of at least 4 members (excludes halogenated alkanes) is 4. The van der Waals surface area contributed by atoms with E-state index in [9.17, 15) is 4.79 Å². The zero-order valence-corrected chi connectivity index (χ0v) is 15.3. The average molecular weight is 352 g/mol. The van der Waals surface area contributed by atoms with Crippen LogP contribution in [0.4, 0.5) is 0 Å². The van der Waals surface area contributed by atoms with Gasteiger partial charge in [0.25, 0.3) is 0 Å². The number of benzene rings is 1. The maximum absolute atomic E-state index is 12.2. The molecule has 0 unspecified atom stereocenters. The van der Waals surface area contributed by atoms with Crippen LogP contribution in [0.15, 0.2) is 40.9 Å². The number of esters is 1. The number of carbonyl (C=O) groups is 1. The topological polar surface area (TPSA) is 65.2 Å². The van der Waals surface area contributed by atoms with Crippen LogP contribution in [0.1, 0.15) is 51.0 Å². The quantitative estimate of drug-likeness (QED) is 0.306. The summed E-state index contributed by atoms with van der Waals surface area (Å²) >= 11 is 0. The molecule has 0 aliphatic heterocycles. The molecule has 5 nitrogen and oxygen atoms in total. The molecule has 2 aromatic heterocycles. The molecule has 0 bridgehead atoms. The van der Waals surface area contributed by atoms with E-state index < -0.39 is 0 Å². The van der Waals surface area contributed by atoms with Crippen LogP contribution in [0.3, 0.4) is 0 Å². The predicted octanol–water partition coefficient (Wildman–Crippen LogP) is 5.46. The monoisotopic (exact) mass is 352 g/mol. The minimum absolute atomic E-state index is 0.220. The summed E-state index contributed by atoms with van der Waals surface area (Å²) in [6.45, 7) is 4.13. The molecule has 0 atom stereocenters. The van der Waals surface area contributed by atoms with Crippen LogP contribution in [-0.2, 0) is 4.79 Å². The Bertz CT molecular complexity index is 853. The van der Waals surface area contributed by atoms with Crippen molar-refractivity contribution in [1.82, 2.24) is 9.97 Å². The maximum Gasteiger partial charge on any atom is 0.311 e. The number of rotatable bonds is 8. The van der Waals surface area contributed by atoms with Gasteiger partial charge in [-0.25, -0.2) is 9.97 Å². The molecular formula is C21H24N2O3. The first-order chi connectivity index (χ1) is 12.7. The Hall–Kier alpha value is -2.69. The second-order valence-electron chi connectivity index (χ2n) is 6.48. The molecule has 0 amide bonds. The van der Waals surface area contributed by atoms with Crippen LogP contribution in [0, 0.1) is 6.92 Å². The first-order valence-electron chi connectivity index (χ1n) is 9.20. The lowest BCUT2D eigenvalue weighted by Gasteiger charge is -2.09. The van der Waals surface area contributed by atoms with Gasteiger partial charge < -0.3 is 9.15 Å². The van der Waals surface area contributed by atoms with Crippen molar-refractivity contribution >= 4 is 17.2 Å². The fourth-order valence-electron chi connectivity index (χ4n) is 2.82. The largest absolute Gasteiger partial charge is 0.426 e. The molecule has 2 heterocycles. The number of nitrogens with zero attached hydrogens (tertiary/aromatic N) is 2. The van der Waals surface area contributed by atoms with Crippen LogP contribution in [0.25, 0.3) is 22.7 Å². The summed E-state index contributed by atoms with van der Waals surface area (Å²) in [5, 5.41) is 0. The van der Waals surface area contributed by atoms with Gasteiger partial charge in [0.15, 0.2) is 0 Å². The molecule has 0 radical (unpaired) electrons. The van der Waals surface area contributed by atoms with E-state index in [4.69, 9.17) is 9.15 Å². The van der Waals surface area contributed by atoms with Gasteiger partial charge in [-0.05, 0) is 43.2 Å². The number of aromatic nitrogens is 2. The Kier molecular flexibility index (Phi) is 6.00. The number of ether oxygens (including phenoxy) is 1. The molecule has 0 aliphatic carbocycles. The highest BCUT2D eigenvalue weighted by molar-refractivity contribution is 5.78. The number of hydrogen-bond acceptors (Lipinski definition) is 5. The van der Waals surface area contributed by atoms with Gasteiger partial charge in [-0.15, -0.1) is 0 Å². The van der Waals surface area contributed by atoms with Crippen LogP contribution < -0.4 is 4.74 Å². The Balaban J connectivity index is 1.74. The third-order valence-electron chi connectivity index (χ3n) is 4.24. The Labute approximate surface area is 153 Å². The highest BCUT2D eigenvalue weighted by Crippen LogP contribution is 2.32. The number of carbonyl (C=O) groups excluding carboxylic acids is 1. The number of pyridine rings is 1. The van der Waals surface area contributed by atoms with Gasteiger partial charge in [-0.2, -0.15) is 0 Å². The zero-order chi connectivity index (χ0) is 18.4. The fraction of sp³-hybridized carbons (Fsp3) is 0.381.